The van der Waals surface area contributed by atoms with Crippen molar-refractivity contribution in [3.05, 3.63) is 88.3 Å². The highest BCUT2D eigenvalue weighted by Gasteiger charge is 2.42. The van der Waals surface area contributed by atoms with Crippen molar-refractivity contribution in [2.75, 3.05) is 46.0 Å². The number of carbonyl (C=O) groups is 1. The third kappa shape index (κ3) is 4.05. The summed E-state index contributed by atoms with van der Waals surface area (Å²) in [4.78, 5) is 31.1. The first-order chi connectivity index (χ1) is 16.2. The molecule has 7 nitrogen and oxygen atoms in total. The van der Waals surface area contributed by atoms with Crippen molar-refractivity contribution < 1.29 is 18.7 Å². The second-order valence-corrected chi connectivity index (χ2v) is 8.20. The number of carbonyl (C=O) groups excluding carboxylic acids is 1. The largest absolute Gasteiger partial charge is 0.490 e. The Balaban J connectivity index is 1.58. The van der Waals surface area contributed by atoms with Crippen molar-refractivity contribution in [3.8, 4) is 5.75 Å². The summed E-state index contributed by atoms with van der Waals surface area (Å²) >= 11 is 0. The van der Waals surface area contributed by atoms with E-state index in [-0.39, 0.29) is 17.1 Å². The minimum atomic E-state index is -0.540. The van der Waals surface area contributed by atoms with E-state index in [4.69, 9.17) is 13.9 Å². The summed E-state index contributed by atoms with van der Waals surface area (Å²) in [5.74, 6) is 0.526. The molecule has 1 atom stereocenters. The van der Waals surface area contributed by atoms with E-state index in [1.807, 2.05) is 24.3 Å². The number of amides is 1. The maximum absolute atomic E-state index is 13.5. The Hall–Kier alpha value is -3.42. The van der Waals surface area contributed by atoms with E-state index in [0.717, 1.165) is 18.7 Å². The van der Waals surface area contributed by atoms with Crippen LogP contribution >= 0.6 is 0 Å². The fourth-order valence-corrected chi connectivity index (χ4v) is 4.55. The van der Waals surface area contributed by atoms with Crippen LogP contribution in [0.2, 0.25) is 0 Å². The zero-order valence-corrected chi connectivity index (χ0v) is 18.4. The predicted octanol–water partition coefficient (Wildman–Crippen LogP) is 3.24. The summed E-state index contributed by atoms with van der Waals surface area (Å²) in [6.07, 6.45) is 1.68. The molecule has 0 radical (unpaired) electrons. The molecule has 3 aromatic rings. The van der Waals surface area contributed by atoms with Gasteiger partial charge in [0.15, 0.2) is 5.43 Å². The van der Waals surface area contributed by atoms with Crippen molar-refractivity contribution in [2.24, 2.45) is 0 Å². The highest BCUT2D eigenvalue weighted by molar-refractivity contribution is 5.99. The fraction of sp³-hybridized carbons (Fsp3) is 0.308. The maximum Gasteiger partial charge on any atom is 0.290 e. The molecule has 2 aliphatic rings. The van der Waals surface area contributed by atoms with Gasteiger partial charge in [0, 0.05) is 26.2 Å². The summed E-state index contributed by atoms with van der Waals surface area (Å²) in [5, 5.41) is 0.475. The van der Waals surface area contributed by atoms with Crippen molar-refractivity contribution >= 4 is 16.9 Å². The lowest BCUT2D eigenvalue weighted by molar-refractivity contribution is 0.0314. The number of fused-ring (bicyclic) bond motifs is 2. The van der Waals surface area contributed by atoms with Gasteiger partial charge in [0.1, 0.15) is 17.9 Å². The molecule has 1 amide bonds. The molecule has 0 bridgehead atoms. The first-order valence-electron chi connectivity index (χ1n) is 11.2. The van der Waals surface area contributed by atoms with Crippen LogP contribution < -0.4 is 10.2 Å². The average Bonchev–Trinajstić information content (AvgIpc) is 3.14. The number of nitrogens with zero attached hydrogens (tertiary/aromatic N) is 2. The molecular weight excluding hydrogens is 420 g/mol. The molecular formula is C26H26N2O5. The van der Waals surface area contributed by atoms with Crippen molar-refractivity contribution in [1.29, 1.82) is 0 Å². The highest BCUT2D eigenvalue weighted by Crippen LogP contribution is 2.38. The third-order valence-corrected chi connectivity index (χ3v) is 6.18. The van der Waals surface area contributed by atoms with E-state index in [0.29, 0.717) is 55.2 Å². The van der Waals surface area contributed by atoms with Crippen LogP contribution in [0.25, 0.3) is 11.0 Å². The van der Waals surface area contributed by atoms with Crippen LogP contribution in [0.4, 0.5) is 0 Å². The van der Waals surface area contributed by atoms with E-state index in [2.05, 4.69) is 11.5 Å². The number of benzene rings is 2. The van der Waals surface area contributed by atoms with Gasteiger partial charge in [-0.15, -0.1) is 0 Å². The Kier molecular flexibility index (Phi) is 5.98. The molecule has 170 valence electrons. The van der Waals surface area contributed by atoms with Gasteiger partial charge in [0.25, 0.3) is 5.91 Å². The predicted molar refractivity (Wildman–Crippen MR) is 125 cm³/mol. The van der Waals surface area contributed by atoms with E-state index in [1.165, 1.54) is 0 Å². The number of para-hydroxylation sites is 1. The molecule has 0 aliphatic carbocycles. The maximum atomic E-state index is 13.5. The molecule has 1 aromatic heterocycles. The van der Waals surface area contributed by atoms with Crippen molar-refractivity contribution in [1.82, 2.24) is 9.80 Å². The summed E-state index contributed by atoms with van der Waals surface area (Å²) in [6.45, 7) is 8.25. The molecule has 0 spiro atoms. The van der Waals surface area contributed by atoms with Crippen LogP contribution in [-0.4, -0.2) is 61.7 Å². The van der Waals surface area contributed by atoms with Crippen LogP contribution in [0, 0.1) is 0 Å². The SMILES string of the molecule is C=CCOc1cccc([C@@H]2c3c(oc4ccccc4c3=O)C(=O)N2CCN2CCOCC2)c1. The topological polar surface area (TPSA) is 72.2 Å². The molecule has 0 N–H and O–H groups in total. The van der Waals surface area contributed by atoms with Gasteiger partial charge in [-0.25, -0.2) is 0 Å². The zero-order valence-electron chi connectivity index (χ0n) is 18.4. The minimum absolute atomic E-state index is 0.128. The molecule has 0 saturated carbocycles. The summed E-state index contributed by atoms with van der Waals surface area (Å²) in [6, 6.07) is 14.0. The Morgan fingerprint density at radius 1 is 1.06 bits per heavy atom. The molecule has 1 fully saturated rings. The number of ether oxygens (including phenoxy) is 2. The first-order valence-corrected chi connectivity index (χ1v) is 11.2. The minimum Gasteiger partial charge on any atom is -0.490 e. The lowest BCUT2D eigenvalue weighted by atomic mass is 9.98. The van der Waals surface area contributed by atoms with Crippen molar-refractivity contribution in [2.45, 2.75) is 6.04 Å². The number of hydrogen-bond acceptors (Lipinski definition) is 6. The van der Waals surface area contributed by atoms with Gasteiger partial charge in [-0.2, -0.15) is 0 Å². The van der Waals surface area contributed by atoms with E-state index >= 15 is 0 Å². The molecule has 0 unspecified atom stereocenters. The average molecular weight is 447 g/mol. The van der Waals surface area contributed by atoms with Crippen LogP contribution in [-0.2, 0) is 4.74 Å². The normalized spacial score (nSPS) is 18.5. The molecule has 7 heteroatoms. The van der Waals surface area contributed by atoms with Gasteiger partial charge < -0.3 is 18.8 Å². The van der Waals surface area contributed by atoms with Gasteiger partial charge >= 0.3 is 0 Å². The van der Waals surface area contributed by atoms with Crippen LogP contribution in [0.5, 0.6) is 5.75 Å². The summed E-state index contributed by atoms with van der Waals surface area (Å²) in [5.41, 5.74) is 1.46. The van der Waals surface area contributed by atoms with Gasteiger partial charge in [-0.1, -0.05) is 36.9 Å². The number of hydrogen-bond donors (Lipinski definition) is 0. The van der Waals surface area contributed by atoms with Crippen LogP contribution in [0.3, 0.4) is 0 Å². The van der Waals surface area contributed by atoms with Crippen molar-refractivity contribution in [3.63, 3.8) is 0 Å². The number of morpholine rings is 1. The van der Waals surface area contributed by atoms with Gasteiger partial charge in [-0.05, 0) is 29.8 Å². The molecule has 2 aliphatic heterocycles. The lowest BCUT2D eigenvalue weighted by Gasteiger charge is -2.31. The summed E-state index contributed by atoms with van der Waals surface area (Å²) < 4.78 is 17.2. The van der Waals surface area contributed by atoms with E-state index < -0.39 is 6.04 Å². The van der Waals surface area contributed by atoms with E-state index in [9.17, 15) is 9.59 Å². The smallest absolute Gasteiger partial charge is 0.290 e. The second kappa shape index (κ2) is 9.21. The third-order valence-electron chi connectivity index (χ3n) is 6.18. The Labute approximate surface area is 191 Å². The van der Waals surface area contributed by atoms with Gasteiger partial charge in [-0.3, -0.25) is 14.5 Å². The lowest BCUT2D eigenvalue weighted by Crippen LogP contribution is -2.42. The van der Waals surface area contributed by atoms with Gasteiger partial charge in [0.2, 0.25) is 5.76 Å². The van der Waals surface area contributed by atoms with Crippen LogP contribution in [0.1, 0.15) is 27.7 Å². The Morgan fingerprint density at radius 3 is 2.70 bits per heavy atom. The molecule has 5 rings (SSSR count). The monoisotopic (exact) mass is 446 g/mol. The second-order valence-electron chi connectivity index (χ2n) is 8.20. The van der Waals surface area contributed by atoms with E-state index in [1.54, 1.807) is 35.2 Å². The van der Waals surface area contributed by atoms with Crippen LogP contribution in [0.15, 0.2) is 70.4 Å². The standard InChI is InChI=1S/C26H26N2O5/c1-2-14-32-19-7-5-6-18(17-19)23-22-24(29)20-8-3-4-9-21(20)33-25(22)26(30)28(23)11-10-27-12-15-31-16-13-27/h2-9,17,23H,1,10-16H2/t23-/m1/s1. The highest BCUT2D eigenvalue weighted by atomic mass is 16.5. The summed E-state index contributed by atoms with van der Waals surface area (Å²) in [7, 11) is 0. The molecule has 2 aromatic carbocycles. The Morgan fingerprint density at radius 2 is 1.88 bits per heavy atom. The number of rotatable bonds is 7. The Bertz CT molecular complexity index is 1240. The quantitative estimate of drug-likeness (QED) is 0.519. The zero-order chi connectivity index (χ0) is 22.8. The molecule has 1 saturated heterocycles. The molecule has 3 heterocycles. The van der Waals surface area contributed by atoms with Gasteiger partial charge in [0.05, 0.1) is 30.2 Å². The molecule has 33 heavy (non-hydrogen) atoms. The fourth-order valence-electron chi connectivity index (χ4n) is 4.55. The first kappa shape index (κ1) is 21.4.